The quantitative estimate of drug-likeness (QED) is 0.810. The molecular weight excluding hydrogens is 284 g/mol. The molecule has 1 unspecified atom stereocenters. The first kappa shape index (κ1) is 16.2. The Hall–Kier alpha value is -1.20. The Balaban J connectivity index is 1.81. The molecule has 1 saturated heterocycles. The first-order valence-corrected chi connectivity index (χ1v) is 8.88. The molecule has 21 heavy (non-hydrogen) atoms. The highest BCUT2D eigenvalue weighted by atomic mass is 32.2. The van der Waals surface area contributed by atoms with E-state index in [0.717, 1.165) is 31.7 Å². The topological polar surface area (TPSA) is 52.6 Å². The number of benzene rings is 1. The zero-order chi connectivity index (χ0) is 15.1. The molecule has 1 fully saturated rings. The highest BCUT2D eigenvalue weighted by Gasteiger charge is 2.24. The van der Waals surface area contributed by atoms with Crippen molar-refractivity contribution in [1.29, 1.82) is 0 Å². The molecule has 1 aromatic rings. The van der Waals surface area contributed by atoms with Gasteiger partial charge >= 0.3 is 5.97 Å². The van der Waals surface area contributed by atoms with Gasteiger partial charge in [-0.2, -0.15) is 11.8 Å². The van der Waals surface area contributed by atoms with Crippen LogP contribution < -0.4 is 10.2 Å². The summed E-state index contributed by atoms with van der Waals surface area (Å²) in [5.74, 6) is 0.154. The molecule has 5 heteroatoms. The van der Waals surface area contributed by atoms with E-state index in [1.54, 1.807) is 11.8 Å². The van der Waals surface area contributed by atoms with Gasteiger partial charge in [0.2, 0.25) is 0 Å². The number of hydrogen-bond donors (Lipinski definition) is 2. The SMILES string of the molecule is CSCCC(NC1CCN(c2ccccc2)CC1)C(=O)O. The molecule has 1 aromatic carbocycles. The van der Waals surface area contributed by atoms with Crippen molar-refractivity contribution >= 4 is 23.4 Å². The molecule has 0 bridgehead atoms. The zero-order valence-electron chi connectivity index (χ0n) is 12.5. The highest BCUT2D eigenvalue weighted by molar-refractivity contribution is 7.98. The van der Waals surface area contributed by atoms with Crippen molar-refractivity contribution in [3.05, 3.63) is 30.3 Å². The summed E-state index contributed by atoms with van der Waals surface area (Å²) in [6, 6.07) is 10.3. The number of carboxylic acids is 1. The van der Waals surface area contributed by atoms with Gasteiger partial charge < -0.3 is 15.3 Å². The number of thioether (sulfide) groups is 1. The Morgan fingerprint density at radius 1 is 1.38 bits per heavy atom. The lowest BCUT2D eigenvalue weighted by atomic mass is 10.0. The lowest BCUT2D eigenvalue weighted by molar-refractivity contribution is -0.139. The number of carboxylic acid groups (broad SMARTS) is 1. The summed E-state index contributed by atoms with van der Waals surface area (Å²) >= 11 is 1.70. The third-order valence-electron chi connectivity index (χ3n) is 3.96. The Kier molecular flexibility index (Phi) is 6.39. The molecule has 2 rings (SSSR count). The second kappa shape index (κ2) is 8.29. The highest BCUT2D eigenvalue weighted by Crippen LogP contribution is 2.20. The van der Waals surface area contributed by atoms with E-state index in [9.17, 15) is 9.90 Å². The van der Waals surface area contributed by atoms with Crippen LogP contribution in [0.2, 0.25) is 0 Å². The molecule has 0 aliphatic carbocycles. The number of para-hydroxylation sites is 1. The van der Waals surface area contributed by atoms with E-state index in [4.69, 9.17) is 0 Å². The minimum absolute atomic E-state index is 0.313. The normalized spacial score (nSPS) is 17.7. The number of aliphatic carboxylic acids is 1. The van der Waals surface area contributed by atoms with Crippen molar-refractivity contribution in [3.8, 4) is 0 Å². The third-order valence-corrected chi connectivity index (χ3v) is 4.61. The minimum Gasteiger partial charge on any atom is -0.480 e. The molecule has 0 aromatic heterocycles. The van der Waals surface area contributed by atoms with E-state index in [0.29, 0.717) is 12.5 Å². The average molecular weight is 308 g/mol. The lowest BCUT2D eigenvalue weighted by Crippen LogP contribution is -2.49. The molecule has 0 radical (unpaired) electrons. The minimum atomic E-state index is -0.727. The summed E-state index contributed by atoms with van der Waals surface area (Å²) in [7, 11) is 0. The molecule has 1 atom stereocenters. The smallest absolute Gasteiger partial charge is 0.320 e. The first-order valence-electron chi connectivity index (χ1n) is 7.48. The average Bonchev–Trinajstić information content (AvgIpc) is 2.52. The van der Waals surface area contributed by atoms with Crippen LogP contribution in [0.5, 0.6) is 0 Å². The van der Waals surface area contributed by atoms with Gasteiger partial charge in [0.1, 0.15) is 6.04 Å². The van der Waals surface area contributed by atoms with Gasteiger partial charge in [0.15, 0.2) is 0 Å². The van der Waals surface area contributed by atoms with Crippen molar-refractivity contribution in [3.63, 3.8) is 0 Å². The van der Waals surface area contributed by atoms with Gasteiger partial charge in [0.25, 0.3) is 0 Å². The maximum Gasteiger partial charge on any atom is 0.320 e. The van der Waals surface area contributed by atoms with Gasteiger partial charge in [-0.1, -0.05) is 18.2 Å². The van der Waals surface area contributed by atoms with E-state index in [1.807, 2.05) is 12.3 Å². The fraction of sp³-hybridized carbons (Fsp3) is 0.562. The van der Waals surface area contributed by atoms with E-state index in [-0.39, 0.29) is 0 Å². The predicted molar refractivity (Wildman–Crippen MR) is 89.2 cm³/mol. The van der Waals surface area contributed by atoms with Gasteiger partial charge in [-0.15, -0.1) is 0 Å². The fourth-order valence-corrected chi connectivity index (χ4v) is 3.21. The third kappa shape index (κ3) is 4.93. The van der Waals surface area contributed by atoms with Crippen LogP contribution in [0, 0.1) is 0 Å². The maximum absolute atomic E-state index is 11.3. The van der Waals surface area contributed by atoms with Crippen molar-refractivity contribution in [2.24, 2.45) is 0 Å². The fourth-order valence-electron chi connectivity index (χ4n) is 2.74. The van der Waals surface area contributed by atoms with Gasteiger partial charge in [-0.3, -0.25) is 4.79 Å². The molecule has 4 nitrogen and oxygen atoms in total. The predicted octanol–water partition coefficient (Wildman–Crippen LogP) is 2.45. The molecule has 116 valence electrons. The Labute approximate surface area is 130 Å². The van der Waals surface area contributed by atoms with Crippen molar-refractivity contribution in [2.75, 3.05) is 30.0 Å². The number of piperidine rings is 1. The summed E-state index contributed by atoms with van der Waals surface area (Å²) < 4.78 is 0. The van der Waals surface area contributed by atoms with Gasteiger partial charge in [-0.05, 0) is 43.4 Å². The monoisotopic (exact) mass is 308 g/mol. The molecule has 0 saturated carbocycles. The molecule has 1 aliphatic rings. The Bertz CT molecular complexity index is 433. The standard InChI is InChI=1S/C16H24N2O2S/c1-21-12-9-15(16(19)20)17-13-7-10-18(11-8-13)14-5-3-2-4-6-14/h2-6,13,15,17H,7-12H2,1H3,(H,19,20). The molecule has 0 amide bonds. The van der Waals surface area contributed by atoms with Crippen LogP contribution in [0.1, 0.15) is 19.3 Å². The number of anilines is 1. The molecule has 1 heterocycles. The second-order valence-electron chi connectivity index (χ2n) is 5.44. The molecular formula is C16H24N2O2S. The van der Waals surface area contributed by atoms with E-state index in [1.165, 1.54) is 5.69 Å². The number of rotatable bonds is 7. The summed E-state index contributed by atoms with van der Waals surface area (Å²) in [5.41, 5.74) is 1.26. The van der Waals surface area contributed by atoms with E-state index < -0.39 is 12.0 Å². The number of hydrogen-bond acceptors (Lipinski definition) is 4. The van der Waals surface area contributed by atoms with Crippen LogP contribution in [0.4, 0.5) is 5.69 Å². The zero-order valence-corrected chi connectivity index (χ0v) is 13.3. The van der Waals surface area contributed by atoms with E-state index in [2.05, 4.69) is 34.5 Å². The van der Waals surface area contributed by atoms with Crippen LogP contribution in [-0.4, -0.2) is 48.3 Å². The summed E-state index contributed by atoms with van der Waals surface area (Å²) in [4.78, 5) is 13.7. The lowest BCUT2D eigenvalue weighted by Gasteiger charge is -2.35. The largest absolute Gasteiger partial charge is 0.480 e. The van der Waals surface area contributed by atoms with Crippen LogP contribution in [0.15, 0.2) is 30.3 Å². The second-order valence-corrected chi connectivity index (χ2v) is 6.42. The van der Waals surface area contributed by atoms with Crippen molar-refractivity contribution in [1.82, 2.24) is 5.32 Å². The first-order chi connectivity index (χ1) is 10.2. The van der Waals surface area contributed by atoms with Crippen molar-refractivity contribution < 1.29 is 9.90 Å². The summed E-state index contributed by atoms with van der Waals surface area (Å²) in [6.45, 7) is 1.97. The number of nitrogens with one attached hydrogen (secondary N) is 1. The van der Waals surface area contributed by atoms with Crippen LogP contribution in [0.25, 0.3) is 0 Å². The van der Waals surface area contributed by atoms with Gasteiger partial charge in [0.05, 0.1) is 0 Å². The van der Waals surface area contributed by atoms with Crippen LogP contribution in [0.3, 0.4) is 0 Å². The maximum atomic E-state index is 11.3. The van der Waals surface area contributed by atoms with Crippen molar-refractivity contribution in [2.45, 2.75) is 31.3 Å². The number of carbonyl (C=O) groups is 1. The Morgan fingerprint density at radius 3 is 2.62 bits per heavy atom. The van der Waals surface area contributed by atoms with Gasteiger partial charge in [0, 0.05) is 24.8 Å². The molecule has 0 spiro atoms. The van der Waals surface area contributed by atoms with E-state index >= 15 is 0 Å². The molecule has 1 aliphatic heterocycles. The summed E-state index contributed by atoms with van der Waals surface area (Å²) in [5, 5.41) is 12.6. The van der Waals surface area contributed by atoms with Crippen LogP contribution in [-0.2, 0) is 4.79 Å². The summed E-state index contributed by atoms with van der Waals surface area (Å²) in [6.07, 6.45) is 4.70. The van der Waals surface area contributed by atoms with Crippen LogP contribution >= 0.6 is 11.8 Å². The number of nitrogens with zero attached hydrogens (tertiary/aromatic N) is 1. The molecule has 2 N–H and O–H groups in total. The van der Waals surface area contributed by atoms with Gasteiger partial charge in [-0.25, -0.2) is 0 Å². The Morgan fingerprint density at radius 2 is 2.05 bits per heavy atom.